The van der Waals surface area contributed by atoms with Crippen LogP contribution in [0, 0.1) is 11.8 Å². The average molecular weight is 287 g/mol. The second-order valence-electron chi connectivity index (χ2n) is 5.56. The van der Waals surface area contributed by atoms with E-state index in [1.807, 2.05) is 13.8 Å². The normalized spacial score (nSPS) is 12.2. The fourth-order valence-corrected chi connectivity index (χ4v) is 1.42. The van der Waals surface area contributed by atoms with Crippen molar-refractivity contribution in [3.8, 4) is 0 Å². The Kier molecular flexibility index (Phi) is 7.64. The van der Waals surface area contributed by atoms with Crippen LogP contribution in [-0.2, 0) is 9.59 Å². The van der Waals surface area contributed by atoms with Crippen molar-refractivity contribution in [1.29, 1.82) is 0 Å². The number of carboxylic acids is 1. The van der Waals surface area contributed by atoms with Crippen molar-refractivity contribution < 1.29 is 19.5 Å². The molecule has 0 aromatic carbocycles. The maximum atomic E-state index is 11.8. The average Bonchev–Trinajstić information content (AvgIpc) is 2.32. The molecule has 0 fully saturated rings. The summed E-state index contributed by atoms with van der Waals surface area (Å²) < 4.78 is 0. The zero-order valence-electron chi connectivity index (χ0n) is 12.8. The number of urea groups is 1. The molecule has 0 spiro atoms. The molecule has 0 bridgehead atoms. The third kappa shape index (κ3) is 6.96. The Balaban J connectivity index is 4.33. The van der Waals surface area contributed by atoms with Crippen LogP contribution in [0.4, 0.5) is 4.79 Å². The van der Waals surface area contributed by atoms with Crippen molar-refractivity contribution in [2.24, 2.45) is 11.8 Å². The first-order valence-corrected chi connectivity index (χ1v) is 6.66. The van der Waals surface area contributed by atoms with E-state index in [1.54, 1.807) is 13.8 Å². The fraction of sp³-hybridized carbons (Fsp3) is 0.769. The van der Waals surface area contributed by atoms with Gasteiger partial charge in [-0.15, -0.1) is 0 Å². The highest BCUT2D eigenvalue weighted by molar-refractivity contribution is 5.86. The Morgan fingerprint density at radius 1 is 1.15 bits per heavy atom. The van der Waals surface area contributed by atoms with Crippen LogP contribution in [0.3, 0.4) is 0 Å². The van der Waals surface area contributed by atoms with E-state index >= 15 is 0 Å². The Morgan fingerprint density at radius 3 is 2.10 bits per heavy atom. The highest BCUT2D eigenvalue weighted by Gasteiger charge is 2.25. The molecule has 1 atom stereocenters. The first-order chi connectivity index (χ1) is 9.15. The van der Waals surface area contributed by atoms with E-state index in [1.165, 1.54) is 7.05 Å². The van der Waals surface area contributed by atoms with Crippen molar-refractivity contribution in [2.45, 2.75) is 33.7 Å². The lowest BCUT2D eigenvalue weighted by atomic mass is 10.1. The van der Waals surface area contributed by atoms with Crippen LogP contribution in [-0.4, -0.2) is 54.1 Å². The number of hydrogen-bond acceptors (Lipinski definition) is 3. The second-order valence-corrected chi connectivity index (χ2v) is 5.56. The van der Waals surface area contributed by atoms with Crippen LogP contribution in [0.5, 0.6) is 0 Å². The maximum Gasteiger partial charge on any atom is 0.326 e. The van der Waals surface area contributed by atoms with Crippen LogP contribution in [0.1, 0.15) is 27.7 Å². The van der Waals surface area contributed by atoms with E-state index in [0.717, 1.165) is 4.90 Å². The molecule has 116 valence electrons. The number of nitrogens with one attached hydrogen (secondary N) is 2. The molecule has 0 radical (unpaired) electrons. The predicted molar refractivity (Wildman–Crippen MR) is 75.3 cm³/mol. The van der Waals surface area contributed by atoms with Crippen LogP contribution >= 0.6 is 0 Å². The van der Waals surface area contributed by atoms with Crippen LogP contribution < -0.4 is 10.6 Å². The van der Waals surface area contributed by atoms with Crippen LogP contribution in [0.25, 0.3) is 0 Å². The van der Waals surface area contributed by atoms with Gasteiger partial charge >= 0.3 is 12.0 Å². The molecule has 0 aliphatic carbocycles. The third-order valence-corrected chi connectivity index (χ3v) is 2.65. The number of hydrogen-bond donors (Lipinski definition) is 3. The lowest BCUT2D eigenvalue weighted by molar-refractivity contribution is -0.140. The first kappa shape index (κ1) is 18.2. The minimum Gasteiger partial charge on any atom is -0.480 e. The van der Waals surface area contributed by atoms with Crippen molar-refractivity contribution in [3.05, 3.63) is 0 Å². The Bertz CT molecular complexity index is 356. The highest BCUT2D eigenvalue weighted by atomic mass is 16.4. The maximum absolute atomic E-state index is 11.8. The molecule has 20 heavy (non-hydrogen) atoms. The number of amides is 3. The van der Waals surface area contributed by atoms with Crippen LogP contribution in [0.15, 0.2) is 0 Å². The van der Waals surface area contributed by atoms with Gasteiger partial charge < -0.3 is 20.6 Å². The van der Waals surface area contributed by atoms with Gasteiger partial charge in [-0.05, 0) is 11.8 Å². The summed E-state index contributed by atoms with van der Waals surface area (Å²) in [5.41, 5.74) is 0. The van der Waals surface area contributed by atoms with E-state index < -0.39 is 18.0 Å². The highest BCUT2D eigenvalue weighted by Crippen LogP contribution is 2.02. The monoisotopic (exact) mass is 287 g/mol. The molecule has 0 unspecified atom stereocenters. The first-order valence-electron chi connectivity index (χ1n) is 6.66. The minimum absolute atomic E-state index is 0.108. The summed E-state index contributed by atoms with van der Waals surface area (Å²) in [6.07, 6.45) is 0. The van der Waals surface area contributed by atoms with Gasteiger partial charge in [-0.3, -0.25) is 4.79 Å². The van der Waals surface area contributed by atoms with E-state index in [-0.39, 0.29) is 18.4 Å². The number of likely N-dealkylation sites (N-methyl/N-ethyl adjacent to an activating group) is 1. The third-order valence-electron chi connectivity index (χ3n) is 2.65. The van der Waals surface area contributed by atoms with Crippen LogP contribution in [0.2, 0.25) is 0 Å². The standard InChI is InChI=1S/C13H25N3O4/c1-8(2)6-14-10(17)7-16(5)13(20)15-11(9(3)4)12(18)19/h8-9,11H,6-7H2,1-5H3,(H,14,17)(H,15,20)(H,18,19)/t11-/m0/s1. The van der Waals surface area contributed by atoms with Gasteiger partial charge in [0.15, 0.2) is 0 Å². The molecular weight excluding hydrogens is 262 g/mol. The molecule has 0 heterocycles. The number of carbonyl (C=O) groups is 3. The Morgan fingerprint density at radius 2 is 1.70 bits per heavy atom. The summed E-state index contributed by atoms with van der Waals surface area (Å²) in [6.45, 7) is 7.78. The largest absolute Gasteiger partial charge is 0.480 e. The van der Waals surface area contributed by atoms with Crippen molar-refractivity contribution >= 4 is 17.9 Å². The van der Waals surface area contributed by atoms with Gasteiger partial charge in [-0.25, -0.2) is 9.59 Å². The molecular formula is C13H25N3O4. The summed E-state index contributed by atoms with van der Waals surface area (Å²) in [7, 11) is 1.45. The smallest absolute Gasteiger partial charge is 0.326 e. The van der Waals surface area contributed by atoms with Gasteiger partial charge in [-0.1, -0.05) is 27.7 Å². The Labute approximate surface area is 119 Å². The zero-order chi connectivity index (χ0) is 15.9. The lowest BCUT2D eigenvalue weighted by Crippen LogP contribution is -2.51. The van der Waals surface area contributed by atoms with E-state index in [9.17, 15) is 14.4 Å². The summed E-state index contributed by atoms with van der Waals surface area (Å²) >= 11 is 0. The van der Waals surface area contributed by atoms with Gasteiger partial charge in [0.05, 0.1) is 0 Å². The Hall–Kier alpha value is -1.79. The lowest BCUT2D eigenvalue weighted by Gasteiger charge is -2.23. The zero-order valence-corrected chi connectivity index (χ0v) is 12.8. The summed E-state index contributed by atoms with van der Waals surface area (Å²) in [4.78, 5) is 35.5. The van der Waals surface area contributed by atoms with Gasteiger partial charge in [0, 0.05) is 13.6 Å². The summed E-state index contributed by atoms with van der Waals surface area (Å²) in [5.74, 6) is -1.27. The molecule has 0 saturated heterocycles. The molecule has 0 aliphatic heterocycles. The fourth-order valence-electron chi connectivity index (χ4n) is 1.42. The van der Waals surface area contributed by atoms with Crippen molar-refractivity contribution in [1.82, 2.24) is 15.5 Å². The van der Waals surface area contributed by atoms with E-state index in [2.05, 4.69) is 10.6 Å². The van der Waals surface area contributed by atoms with Crippen molar-refractivity contribution in [2.75, 3.05) is 20.1 Å². The molecule has 3 amide bonds. The molecule has 0 aromatic heterocycles. The minimum atomic E-state index is -1.09. The summed E-state index contributed by atoms with van der Waals surface area (Å²) in [5, 5.41) is 14.1. The predicted octanol–water partition coefficient (Wildman–Crippen LogP) is 0.509. The number of carbonyl (C=O) groups excluding carboxylic acids is 2. The summed E-state index contributed by atoms with van der Waals surface area (Å²) in [6, 6.07) is -1.55. The topological polar surface area (TPSA) is 98.7 Å². The number of carboxylic acid groups (broad SMARTS) is 1. The number of aliphatic carboxylic acids is 1. The molecule has 0 aromatic rings. The number of nitrogens with zero attached hydrogens (tertiary/aromatic N) is 1. The van der Waals surface area contributed by atoms with E-state index in [4.69, 9.17) is 5.11 Å². The molecule has 7 nitrogen and oxygen atoms in total. The molecule has 3 N–H and O–H groups in total. The van der Waals surface area contributed by atoms with Crippen molar-refractivity contribution in [3.63, 3.8) is 0 Å². The van der Waals surface area contributed by atoms with Gasteiger partial charge in [-0.2, -0.15) is 0 Å². The van der Waals surface area contributed by atoms with Gasteiger partial charge in [0.1, 0.15) is 12.6 Å². The van der Waals surface area contributed by atoms with E-state index in [0.29, 0.717) is 12.5 Å². The second kappa shape index (κ2) is 8.39. The number of rotatable bonds is 7. The molecule has 0 saturated carbocycles. The van der Waals surface area contributed by atoms with Gasteiger partial charge in [0.25, 0.3) is 0 Å². The molecule has 0 rings (SSSR count). The quantitative estimate of drug-likeness (QED) is 0.635. The molecule has 7 heteroatoms. The SMILES string of the molecule is CC(C)CNC(=O)CN(C)C(=O)N[C@H](C(=O)O)C(C)C. The van der Waals surface area contributed by atoms with Gasteiger partial charge in [0.2, 0.25) is 5.91 Å². The molecule has 0 aliphatic rings.